The van der Waals surface area contributed by atoms with Gasteiger partial charge < -0.3 is 25.4 Å². The van der Waals surface area contributed by atoms with Crippen LogP contribution >= 0.6 is 11.8 Å². The number of hydrogen-bond acceptors (Lipinski definition) is 6. The van der Waals surface area contributed by atoms with E-state index in [-0.39, 0.29) is 24.3 Å². The minimum Gasteiger partial charge on any atom is -0.494 e. The number of unbranched alkanes of at least 4 members (excludes halogenated alkanes) is 3. The van der Waals surface area contributed by atoms with E-state index in [0.717, 1.165) is 42.2 Å². The van der Waals surface area contributed by atoms with Crippen LogP contribution in [0.3, 0.4) is 0 Å². The van der Waals surface area contributed by atoms with Gasteiger partial charge in [0.25, 0.3) is 0 Å². The van der Waals surface area contributed by atoms with E-state index in [1.54, 1.807) is 16.7 Å². The van der Waals surface area contributed by atoms with Gasteiger partial charge in [0.05, 0.1) is 23.2 Å². The molecule has 0 aromatic heterocycles. The number of ether oxygens (including phenoxy) is 1. The van der Waals surface area contributed by atoms with E-state index in [9.17, 15) is 19.5 Å². The molecule has 8 nitrogen and oxygen atoms in total. The summed E-state index contributed by atoms with van der Waals surface area (Å²) in [6.45, 7) is 5.15. The highest BCUT2D eigenvalue weighted by atomic mass is 32.2. The molecule has 0 saturated carbocycles. The Morgan fingerprint density at radius 3 is 2.39 bits per heavy atom. The smallest absolute Gasteiger partial charge is 0.248 e. The SMILES string of the molecule is CCOc1ccc(NC(=O)[C@@H]2[C@H]3C(=O)N(CCCCCCO)C(C(=O)Nc4ccc5ccccc5c4)C34CC[C@@]2(C)S4)cc1. The molecule has 2 unspecified atom stereocenters. The van der Waals surface area contributed by atoms with Crippen molar-refractivity contribution in [2.75, 3.05) is 30.4 Å². The molecule has 1 spiro atoms. The number of nitrogens with zero attached hydrogens (tertiary/aromatic N) is 1. The Hall–Kier alpha value is -3.56. The molecular weight excluding hydrogens is 574 g/mol. The molecule has 3 saturated heterocycles. The first kappa shape index (κ1) is 30.5. The number of nitrogens with one attached hydrogen (secondary N) is 2. The summed E-state index contributed by atoms with van der Waals surface area (Å²) in [5.41, 5.74) is 1.35. The molecule has 3 N–H and O–H groups in total. The van der Waals surface area contributed by atoms with Crippen LogP contribution in [0.1, 0.15) is 52.4 Å². The summed E-state index contributed by atoms with van der Waals surface area (Å²) >= 11 is 1.68. The lowest BCUT2D eigenvalue weighted by Gasteiger charge is -2.34. The number of carbonyl (C=O) groups is 3. The third kappa shape index (κ3) is 5.45. The summed E-state index contributed by atoms with van der Waals surface area (Å²) in [5, 5.41) is 17.5. The number of benzene rings is 3. The van der Waals surface area contributed by atoms with Crippen LogP contribution in [0, 0.1) is 11.8 Å². The van der Waals surface area contributed by atoms with Crippen molar-refractivity contribution in [1.29, 1.82) is 0 Å². The highest BCUT2D eigenvalue weighted by molar-refractivity contribution is 8.02. The number of aliphatic hydroxyl groups excluding tert-OH is 1. The fraction of sp³-hybridized carbons (Fsp3) is 0.457. The number of thioether (sulfide) groups is 1. The highest BCUT2D eigenvalue weighted by Crippen LogP contribution is 2.71. The minimum atomic E-state index is -0.682. The Balaban J connectivity index is 1.28. The fourth-order valence-corrected chi connectivity index (χ4v) is 9.97. The molecule has 232 valence electrons. The van der Waals surface area contributed by atoms with E-state index in [1.165, 1.54) is 0 Å². The first-order valence-electron chi connectivity index (χ1n) is 15.7. The maximum Gasteiger partial charge on any atom is 0.248 e. The third-order valence-electron chi connectivity index (χ3n) is 9.56. The van der Waals surface area contributed by atoms with Crippen LogP contribution in [0.2, 0.25) is 0 Å². The standard InChI is InChI=1S/C35H41N3O5S/c1-3-43-27-16-14-25(15-17-27)36-31(40)28-29-33(42)38(20-8-4-5-9-21-39)30(35(29)19-18-34(28,2)44-35)32(41)37-26-13-12-23-10-6-7-11-24(23)22-26/h6-7,10-17,22,28-30,39H,3-5,8-9,18-21H2,1-2H3,(H,36,40)(H,37,41)/t28-,29-,30?,34+,35?/m0/s1. The van der Waals surface area contributed by atoms with Crippen LogP contribution in [0.5, 0.6) is 5.75 Å². The van der Waals surface area contributed by atoms with Gasteiger partial charge in [0.2, 0.25) is 17.7 Å². The van der Waals surface area contributed by atoms with E-state index >= 15 is 0 Å². The van der Waals surface area contributed by atoms with Crippen LogP contribution in [-0.2, 0) is 14.4 Å². The van der Waals surface area contributed by atoms with Crippen LogP contribution < -0.4 is 15.4 Å². The third-order valence-corrected chi connectivity index (χ3v) is 11.6. The summed E-state index contributed by atoms with van der Waals surface area (Å²) in [7, 11) is 0. The lowest BCUT2D eigenvalue weighted by atomic mass is 9.66. The van der Waals surface area contributed by atoms with E-state index in [4.69, 9.17) is 4.74 Å². The van der Waals surface area contributed by atoms with Crippen molar-refractivity contribution in [3.8, 4) is 5.75 Å². The number of fused-ring (bicyclic) bond motifs is 2. The van der Waals surface area contributed by atoms with Gasteiger partial charge in [-0.15, -0.1) is 11.8 Å². The van der Waals surface area contributed by atoms with Crippen LogP contribution in [0.4, 0.5) is 11.4 Å². The number of anilines is 2. The molecule has 3 amide bonds. The summed E-state index contributed by atoms with van der Waals surface area (Å²) in [6, 6.07) is 20.5. The fourth-order valence-electron chi connectivity index (χ4n) is 7.61. The van der Waals surface area contributed by atoms with E-state index < -0.39 is 27.4 Å². The number of rotatable bonds is 12. The Kier molecular flexibility index (Phi) is 8.61. The van der Waals surface area contributed by atoms with Gasteiger partial charge in [0, 0.05) is 29.3 Å². The van der Waals surface area contributed by atoms with Crippen LogP contribution in [0.15, 0.2) is 66.7 Å². The van der Waals surface area contributed by atoms with Crippen LogP contribution in [-0.4, -0.2) is 63.0 Å². The van der Waals surface area contributed by atoms with Crippen molar-refractivity contribution >= 4 is 51.6 Å². The zero-order chi connectivity index (χ0) is 30.9. The molecular formula is C35H41N3O5S. The lowest BCUT2D eigenvalue weighted by Crippen LogP contribution is -2.51. The number of amides is 3. The summed E-state index contributed by atoms with van der Waals surface area (Å²) < 4.78 is 4.40. The van der Waals surface area contributed by atoms with Gasteiger partial charge in [0.1, 0.15) is 11.8 Å². The second-order valence-corrected chi connectivity index (χ2v) is 14.3. The largest absolute Gasteiger partial charge is 0.494 e. The summed E-state index contributed by atoms with van der Waals surface area (Å²) in [5.74, 6) is -0.894. The highest BCUT2D eigenvalue weighted by Gasteiger charge is 2.77. The van der Waals surface area contributed by atoms with Gasteiger partial charge in [-0.05, 0) is 86.7 Å². The molecule has 2 bridgehead atoms. The molecule has 0 aliphatic carbocycles. The van der Waals surface area contributed by atoms with Gasteiger partial charge in [-0.25, -0.2) is 0 Å². The first-order chi connectivity index (χ1) is 21.3. The van der Waals surface area contributed by atoms with Crippen molar-refractivity contribution in [2.24, 2.45) is 11.8 Å². The molecule has 3 fully saturated rings. The van der Waals surface area contributed by atoms with Gasteiger partial charge in [-0.2, -0.15) is 0 Å². The Morgan fingerprint density at radius 2 is 1.64 bits per heavy atom. The molecule has 3 aliphatic heterocycles. The maximum atomic E-state index is 14.4. The van der Waals surface area contributed by atoms with Gasteiger partial charge in [-0.1, -0.05) is 43.2 Å². The second kappa shape index (κ2) is 12.4. The van der Waals surface area contributed by atoms with Crippen molar-refractivity contribution in [3.05, 3.63) is 66.7 Å². The van der Waals surface area contributed by atoms with E-state index in [2.05, 4.69) is 17.6 Å². The average molecular weight is 616 g/mol. The van der Waals surface area contributed by atoms with Crippen molar-refractivity contribution in [1.82, 2.24) is 4.90 Å². The number of likely N-dealkylation sites (tertiary alicyclic amines) is 1. The van der Waals surface area contributed by atoms with Crippen molar-refractivity contribution in [3.63, 3.8) is 0 Å². The monoisotopic (exact) mass is 615 g/mol. The molecule has 6 rings (SSSR count). The Labute approximate surface area is 262 Å². The normalized spacial score (nSPS) is 27.0. The molecule has 3 aromatic rings. The van der Waals surface area contributed by atoms with E-state index in [0.29, 0.717) is 37.4 Å². The zero-order valence-electron chi connectivity index (χ0n) is 25.4. The Morgan fingerprint density at radius 1 is 0.932 bits per heavy atom. The summed E-state index contributed by atoms with van der Waals surface area (Å²) in [4.78, 5) is 44.4. The van der Waals surface area contributed by atoms with E-state index in [1.807, 2.05) is 73.7 Å². The number of aliphatic hydroxyl groups is 1. The van der Waals surface area contributed by atoms with Crippen LogP contribution in [0.25, 0.3) is 10.8 Å². The number of hydrogen-bond donors (Lipinski definition) is 3. The van der Waals surface area contributed by atoms with Gasteiger partial charge >= 0.3 is 0 Å². The first-order valence-corrected chi connectivity index (χ1v) is 16.6. The molecule has 44 heavy (non-hydrogen) atoms. The zero-order valence-corrected chi connectivity index (χ0v) is 26.2. The molecule has 3 aliphatic rings. The summed E-state index contributed by atoms with van der Waals surface area (Å²) in [6.07, 6.45) is 4.63. The second-order valence-electron chi connectivity index (χ2n) is 12.4. The van der Waals surface area contributed by atoms with Gasteiger partial charge in [0.15, 0.2) is 0 Å². The minimum absolute atomic E-state index is 0.103. The van der Waals surface area contributed by atoms with Crippen molar-refractivity contribution < 1.29 is 24.2 Å². The average Bonchev–Trinajstić information content (AvgIpc) is 3.58. The molecule has 0 radical (unpaired) electrons. The van der Waals surface area contributed by atoms with Crippen molar-refractivity contribution in [2.45, 2.75) is 67.9 Å². The topological polar surface area (TPSA) is 108 Å². The molecule has 9 heteroatoms. The number of carbonyl (C=O) groups excluding carboxylic acids is 3. The predicted molar refractivity (Wildman–Crippen MR) is 175 cm³/mol. The lowest BCUT2D eigenvalue weighted by molar-refractivity contribution is -0.139. The molecule has 5 atom stereocenters. The molecule has 3 heterocycles. The quantitative estimate of drug-likeness (QED) is 0.221. The predicted octanol–water partition coefficient (Wildman–Crippen LogP) is 5.85. The maximum absolute atomic E-state index is 14.4. The Bertz CT molecular complexity index is 1550. The van der Waals surface area contributed by atoms with Gasteiger partial charge in [-0.3, -0.25) is 14.4 Å². The molecule has 3 aromatic carbocycles.